The molecule has 1 aliphatic rings. The summed E-state index contributed by atoms with van der Waals surface area (Å²) in [6, 6.07) is 0. The molecule has 0 aromatic carbocycles. The second-order valence-electron chi connectivity index (χ2n) is 7.09. The van der Waals surface area contributed by atoms with Gasteiger partial charge in [0.2, 0.25) is 5.91 Å². The molecule has 94 valence electrons. The second kappa shape index (κ2) is 4.05. The summed E-state index contributed by atoms with van der Waals surface area (Å²) in [4.78, 5) is 12.0. The number of amides is 1. The van der Waals surface area contributed by atoms with Gasteiger partial charge in [0, 0.05) is 11.0 Å². The molecule has 1 N–H and O–H groups in total. The average Bonchev–Trinajstić information content (AvgIpc) is 2.82. The first kappa shape index (κ1) is 13.5. The van der Waals surface area contributed by atoms with Crippen LogP contribution in [0.15, 0.2) is 0 Å². The van der Waals surface area contributed by atoms with Gasteiger partial charge >= 0.3 is 0 Å². The summed E-state index contributed by atoms with van der Waals surface area (Å²) in [5.74, 6) is 0.240. The number of carbonyl (C=O) groups excluding carboxylic acids is 1. The van der Waals surface area contributed by atoms with Crippen LogP contribution >= 0.6 is 0 Å². The molecule has 16 heavy (non-hydrogen) atoms. The minimum absolute atomic E-state index is 0.0619. The topological polar surface area (TPSA) is 29.1 Å². The minimum Gasteiger partial charge on any atom is -0.351 e. The Bertz CT molecular complexity index is 274. The van der Waals surface area contributed by atoms with E-state index in [-0.39, 0.29) is 16.9 Å². The highest BCUT2D eigenvalue weighted by atomic mass is 16.2. The molecule has 0 aromatic heterocycles. The first-order valence-corrected chi connectivity index (χ1v) is 6.43. The zero-order valence-electron chi connectivity index (χ0n) is 11.7. The molecule has 0 atom stereocenters. The van der Waals surface area contributed by atoms with E-state index >= 15 is 0 Å². The van der Waals surface area contributed by atoms with E-state index in [1.165, 1.54) is 0 Å². The van der Waals surface area contributed by atoms with Crippen molar-refractivity contribution in [1.29, 1.82) is 0 Å². The van der Waals surface area contributed by atoms with Gasteiger partial charge in [-0.05, 0) is 38.5 Å². The van der Waals surface area contributed by atoms with Crippen LogP contribution in [0.25, 0.3) is 0 Å². The minimum atomic E-state index is -0.0950. The van der Waals surface area contributed by atoms with E-state index in [1.54, 1.807) is 0 Å². The van der Waals surface area contributed by atoms with Crippen molar-refractivity contribution >= 4 is 5.91 Å². The van der Waals surface area contributed by atoms with Gasteiger partial charge in [-0.15, -0.1) is 0 Å². The van der Waals surface area contributed by atoms with Gasteiger partial charge in [0.25, 0.3) is 0 Å². The third kappa shape index (κ3) is 3.50. The van der Waals surface area contributed by atoms with Crippen molar-refractivity contribution in [3.8, 4) is 0 Å². The fourth-order valence-electron chi connectivity index (χ4n) is 2.24. The molecule has 1 saturated carbocycles. The quantitative estimate of drug-likeness (QED) is 0.762. The number of hydrogen-bond acceptors (Lipinski definition) is 1. The molecule has 0 heterocycles. The SMILES string of the molecule is CCC(C)(C)CC(C)(C)NC(=O)C1(C)CC1. The standard InChI is InChI=1S/C14H27NO/c1-7-12(2,3)10-13(4,5)15-11(16)14(6)8-9-14/h7-10H2,1-6H3,(H,15,16). The van der Waals surface area contributed by atoms with Crippen molar-refractivity contribution in [2.24, 2.45) is 10.8 Å². The van der Waals surface area contributed by atoms with Crippen LogP contribution in [0.5, 0.6) is 0 Å². The Balaban J connectivity index is 2.54. The van der Waals surface area contributed by atoms with Crippen molar-refractivity contribution in [2.45, 2.75) is 72.8 Å². The third-order valence-electron chi connectivity index (χ3n) is 3.88. The number of carbonyl (C=O) groups is 1. The molecular formula is C14H27NO. The van der Waals surface area contributed by atoms with E-state index < -0.39 is 0 Å². The van der Waals surface area contributed by atoms with Gasteiger partial charge in [0.15, 0.2) is 0 Å². The van der Waals surface area contributed by atoms with Crippen LogP contribution in [0.1, 0.15) is 67.2 Å². The van der Waals surface area contributed by atoms with Gasteiger partial charge in [0.05, 0.1) is 0 Å². The van der Waals surface area contributed by atoms with Gasteiger partial charge in [-0.2, -0.15) is 0 Å². The summed E-state index contributed by atoms with van der Waals surface area (Å²) in [5.41, 5.74) is 0.136. The van der Waals surface area contributed by atoms with Crippen molar-refractivity contribution in [1.82, 2.24) is 5.32 Å². The second-order valence-corrected chi connectivity index (χ2v) is 7.09. The Morgan fingerprint density at radius 1 is 1.25 bits per heavy atom. The number of hydrogen-bond donors (Lipinski definition) is 1. The van der Waals surface area contributed by atoms with E-state index in [0.29, 0.717) is 5.41 Å². The molecule has 0 spiro atoms. The zero-order chi connectivity index (χ0) is 12.6. The normalized spacial score (nSPS) is 19.4. The summed E-state index contributed by atoms with van der Waals surface area (Å²) >= 11 is 0. The molecule has 0 bridgehead atoms. The zero-order valence-corrected chi connectivity index (χ0v) is 11.7. The smallest absolute Gasteiger partial charge is 0.226 e. The number of rotatable bonds is 5. The van der Waals surface area contributed by atoms with Crippen LogP contribution in [0, 0.1) is 10.8 Å². The highest BCUT2D eigenvalue weighted by Gasteiger charge is 2.46. The Morgan fingerprint density at radius 3 is 2.12 bits per heavy atom. The Morgan fingerprint density at radius 2 is 1.75 bits per heavy atom. The molecule has 2 nitrogen and oxygen atoms in total. The molecule has 1 amide bonds. The van der Waals surface area contributed by atoms with Gasteiger partial charge in [-0.3, -0.25) is 4.79 Å². The summed E-state index contributed by atoms with van der Waals surface area (Å²) in [6.07, 6.45) is 4.26. The van der Waals surface area contributed by atoms with Crippen molar-refractivity contribution in [2.75, 3.05) is 0 Å². The fourth-order valence-corrected chi connectivity index (χ4v) is 2.24. The van der Waals surface area contributed by atoms with Crippen molar-refractivity contribution < 1.29 is 4.79 Å². The molecule has 1 aliphatic carbocycles. The van der Waals surface area contributed by atoms with Gasteiger partial charge < -0.3 is 5.32 Å². The third-order valence-corrected chi connectivity index (χ3v) is 3.88. The van der Waals surface area contributed by atoms with E-state index in [4.69, 9.17) is 0 Å². The van der Waals surface area contributed by atoms with Crippen LogP contribution in [-0.4, -0.2) is 11.4 Å². The fraction of sp³-hybridized carbons (Fsp3) is 0.929. The first-order valence-electron chi connectivity index (χ1n) is 6.43. The number of nitrogens with one attached hydrogen (secondary N) is 1. The summed E-state index contributed by atoms with van der Waals surface area (Å²) in [7, 11) is 0. The summed E-state index contributed by atoms with van der Waals surface area (Å²) in [5, 5.41) is 3.21. The Kier molecular flexibility index (Phi) is 3.42. The molecular weight excluding hydrogens is 198 g/mol. The molecule has 0 unspecified atom stereocenters. The van der Waals surface area contributed by atoms with E-state index in [2.05, 4.69) is 46.9 Å². The van der Waals surface area contributed by atoms with Gasteiger partial charge in [-0.25, -0.2) is 0 Å². The molecule has 2 heteroatoms. The maximum Gasteiger partial charge on any atom is 0.226 e. The van der Waals surface area contributed by atoms with Gasteiger partial charge in [-0.1, -0.05) is 34.1 Å². The van der Waals surface area contributed by atoms with E-state index in [0.717, 1.165) is 25.7 Å². The lowest BCUT2D eigenvalue weighted by Crippen LogP contribution is -2.48. The maximum absolute atomic E-state index is 12.0. The Hall–Kier alpha value is -0.530. The highest BCUT2D eigenvalue weighted by molar-refractivity contribution is 5.85. The highest BCUT2D eigenvalue weighted by Crippen LogP contribution is 2.45. The predicted molar refractivity (Wildman–Crippen MR) is 68.3 cm³/mol. The molecule has 0 aliphatic heterocycles. The van der Waals surface area contributed by atoms with Crippen LogP contribution in [0.2, 0.25) is 0 Å². The maximum atomic E-state index is 12.0. The van der Waals surface area contributed by atoms with Crippen LogP contribution in [0.4, 0.5) is 0 Å². The molecule has 0 radical (unpaired) electrons. The van der Waals surface area contributed by atoms with E-state index in [1.807, 2.05) is 0 Å². The summed E-state index contributed by atoms with van der Waals surface area (Å²) in [6.45, 7) is 13.1. The molecule has 1 rings (SSSR count). The van der Waals surface area contributed by atoms with Crippen LogP contribution in [0.3, 0.4) is 0 Å². The first-order chi connectivity index (χ1) is 7.10. The Labute approximate surface area is 100 Å². The summed E-state index contributed by atoms with van der Waals surface area (Å²) < 4.78 is 0. The van der Waals surface area contributed by atoms with Crippen LogP contribution < -0.4 is 5.32 Å². The van der Waals surface area contributed by atoms with Crippen molar-refractivity contribution in [3.63, 3.8) is 0 Å². The van der Waals surface area contributed by atoms with Crippen LogP contribution in [-0.2, 0) is 4.79 Å². The lowest BCUT2D eigenvalue weighted by atomic mass is 9.78. The molecule has 0 aromatic rings. The van der Waals surface area contributed by atoms with Gasteiger partial charge in [0.1, 0.15) is 0 Å². The lowest BCUT2D eigenvalue weighted by Gasteiger charge is -2.35. The predicted octanol–water partition coefficient (Wildman–Crippen LogP) is 3.51. The molecule has 1 fully saturated rings. The lowest BCUT2D eigenvalue weighted by molar-refractivity contribution is -0.127. The molecule has 0 saturated heterocycles. The monoisotopic (exact) mass is 225 g/mol. The average molecular weight is 225 g/mol. The van der Waals surface area contributed by atoms with E-state index in [9.17, 15) is 4.79 Å². The largest absolute Gasteiger partial charge is 0.351 e. The van der Waals surface area contributed by atoms with Crippen molar-refractivity contribution in [3.05, 3.63) is 0 Å².